The van der Waals surface area contributed by atoms with Gasteiger partial charge in [0.15, 0.2) is 0 Å². The monoisotopic (exact) mass is 241 g/mol. The van der Waals surface area contributed by atoms with E-state index in [0.717, 1.165) is 24.3 Å². The van der Waals surface area contributed by atoms with Gasteiger partial charge in [0.05, 0.1) is 0 Å². The summed E-state index contributed by atoms with van der Waals surface area (Å²) in [6, 6.07) is 10.5. The third-order valence-corrected chi connectivity index (χ3v) is 4.36. The molecule has 18 heavy (non-hydrogen) atoms. The highest BCUT2D eigenvalue weighted by atomic mass is 14.9. The van der Waals surface area contributed by atoms with E-state index in [-0.39, 0.29) is 0 Å². The minimum absolute atomic E-state index is 0.931. The highest BCUT2D eigenvalue weighted by Crippen LogP contribution is 2.48. The van der Waals surface area contributed by atoms with Crippen LogP contribution in [0.1, 0.15) is 31.2 Å². The van der Waals surface area contributed by atoms with Gasteiger partial charge in [0.1, 0.15) is 0 Å². The van der Waals surface area contributed by atoms with Crippen molar-refractivity contribution in [2.24, 2.45) is 17.8 Å². The lowest BCUT2D eigenvalue weighted by molar-refractivity contribution is 0.387. The fraction of sp³-hybridized carbons (Fsp3) is 0.529. The van der Waals surface area contributed by atoms with E-state index in [1.807, 2.05) is 0 Å². The number of hydrogen-bond acceptors (Lipinski definition) is 1. The summed E-state index contributed by atoms with van der Waals surface area (Å²) in [5.41, 5.74) is 2.47. The molecule has 0 amide bonds. The molecule has 0 spiro atoms. The van der Waals surface area contributed by atoms with Gasteiger partial charge in [-0.25, -0.2) is 0 Å². The lowest BCUT2D eigenvalue weighted by Crippen LogP contribution is -2.26. The zero-order chi connectivity index (χ0) is 12.4. The van der Waals surface area contributed by atoms with Crippen LogP contribution in [0.15, 0.2) is 36.9 Å². The fourth-order valence-corrected chi connectivity index (χ4v) is 2.93. The maximum absolute atomic E-state index is 4.18. The lowest BCUT2D eigenvalue weighted by atomic mass is 9.97. The minimum Gasteiger partial charge on any atom is -0.312 e. The molecule has 1 heteroatoms. The molecule has 0 heterocycles. The largest absolute Gasteiger partial charge is 0.312 e. The molecule has 2 saturated carbocycles. The Kier molecular flexibility index (Phi) is 3.51. The quantitative estimate of drug-likeness (QED) is 0.767. The summed E-state index contributed by atoms with van der Waals surface area (Å²) in [6.45, 7) is 6.31. The lowest BCUT2D eigenvalue weighted by Gasteiger charge is -2.17. The van der Waals surface area contributed by atoms with E-state index >= 15 is 0 Å². The Labute approximate surface area is 110 Å². The van der Waals surface area contributed by atoms with Crippen LogP contribution in [-0.2, 0) is 0 Å². The third-order valence-electron chi connectivity index (χ3n) is 4.36. The van der Waals surface area contributed by atoms with Crippen LogP contribution in [0.5, 0.6) is 0 Å². The Balaban J connectivity index is 1.45. The molecule has 0 saturated heterocycles. The smallest absolute Gasteiger partial charge is 0.0205 e. The van der Waals surface area contributed by atoms with E-state index in [9.17, 15) is 0 Å². The van der Waals surface area contributed by atoms with Crippen LogP contribution >= 0.6 is 0 Å². The van der Waals surface area contributed by atoms with Gasteiger partial charge >= 0.3 is 0 Å². The number of nitrogens with one attached hydrogen (secondary N) is 1. The molecule has 0 aliphatic heterocycles. The second kappa shape index (κ2) is 5.27. The van der Waals surface area contributed by atoms with E-state index in [4.69, 9.17) is 0 Å². The van der Waals surface area contributed by atoms with Crippen LogP contribution in [0.4, 0.5) is 0 Å². The van der Waals surface area contributed by atoms with Gasteiger partial charge in [-0.05, 0) is 61.1 Å². The molecule has 0 aromatic heterocycles. The highest BCUT2D eigenvalue weighted by Gasteiger charge is 2.40. The third kappa shape index (κ3) is 3.02. The van der Waals surface area contributed by atoms with Gasteiger partial charge in [0.2, 0.25) is 0 Å². The van der Waals surface area contributed by atoms with Gasteiger partial charge in [-0.15, -0.1) is 0 Å². The van der Waals surface area contributed by atoms with Crippen molar-refractivity contribution in [3.63, 3.8) is 0 Å². The van der Waals surface area contributed by atoms with Crippen molar-refractivity contribution in [3.8, 4) is 0 Å². The van der Waals surface area contributed by atoms with Crippen LogP contribution in [0.2, 0.25) is 0 Å². The molecule has 1 nitrogen and oxygen atoms in total. The molecule has 1 aromatic carbocycles. The summed E-state index contributed by atoms with van der Waals surface area (Å²) in [4.78, 5) is 0. The molecule has 2 fully saturated rings. The summed E-state index contributed by atoms with van der Waals surface area (Å²) in [5, 5.41) is 3.63. The van der Waals surface area contributed by atoms with E-state index in [1.54, 1.807) is 0 Å². The Morgan fingerprint density at radius 3 is 2.28 bits per heavy atom. The first-order valence-electron chi connectivity index (χ1n) is 7.28. The topological polar surface area (TPSA) is 12.0 Å². The van der Waals surface area contributed by atoms with Crippen molar-refractivity contribution in [2.75, 3.05) is 13.1 Å². The SMILES string of the molecule is C=C(CNCC(C1CC1)C1CC1)c1ccccc1. The summed E-state index contributed by atoms with van der Waals surface area (Å²) in [5.74, 6) is 3.03. The maximum Gasteiger partial charge on any atom is 0.0205 e. The van der Waals surface area contributed by atoms with Gasteiger partial charge in [-0.2, -0.15) is 0 Å². The predicted molar refractivity (Wildman–Crippen MR) is 77.3 cm³/mol. The van der Waals surface area contributed by atoms with Crippen molar-refractivity contribution >= 4 is 5.57 Å². The van der Waals surface area contributed by atoms with Crippen molar-refractivity contribution in [1.82, 2.24) is 5.32 Å². The summed E-state index contributed by atoms with van der Waals surface area (Å²) in [7, 11) is 0. The number of benzene rings is 1. The molecule has 3 rings (SSSR count). The van der Waals surface area contributed by atoms with E-state index < -0.39 is 0 Å². The zero-order valence-electron chi connectivity index (χ0n) is 11.1. The molecule has 2 aliphatic carbocycles. The first kappa shape index (κ1) is 12.0. The maximum atomic E-state index is 4.18. The standard InChI is InChI=1S/C17H23N/c1-13(14-5-3-2-4-6-14)11-18-12-17(15-7-8-15)16-9-10-16/h2-6,15-18H,1,7-12H2. The second-order valence-corrected chi connectivity index (χ2v) is 5.94. The first-order valence-corrected chi connectivity index (χ1v) is 7.28. The Bertz CT molecular complexity index is 389. The summed E-state index contributed by atoms with van der Waals surface area (Å²) < 4.78 is 0. The van der Waals surface area contributed by atoms with E-state index in [2.05, 4.69) is 42.2 Å². The molecular formula is C17H23N. The molecule has 1 aromatic rings. The molecule has 0 radical (unpaired) electrons. The molecular weight excluding hydrogens is 218 g/mol. The van der Waals surface area contributed by atoms with Crippen molar-refractivity contribution in [3.05, 3.63) is 42.5 Å². The van der Waals surface area contributed by atoms with Crippen molar-refractivity contribution in [2.45, 2.75) is 25.7 Å². The van der Waals surface area contributed by atoms with Crippen LogP contribution in [-0.4, -0.2) is 13.1 Å². The van der Waals surface area contributed by atoms with E-state index in [1.165, 1.54) is 43.4 Å². The van der Waals surface area contributed by atoms with Gasteiger partial charge in [0, 0.05) is 6.54 Å². The summed E-state index contributed by atoms with van der Waals surface area (Å²) in [6.07, 6.45) is 5.90. The Morgan fingerprint density at radius 2 is 1.72 bits per heavy atom. The highest BCUT2D eigenvalue weighted by molar-refractivity contribution is 5.64. The normalized spacial score (nSPS) is 19.2. The van der Waals surface area contributed by atoms with Crippen LogP contribution < -0.4 is 5.32 Å². The Morgan fingerprint density at radius 1 is 1.11 bits per heavy atom. The van der Waals surface area contributed by atoms with E-state index in [0.29, 0.717) is 0 Å². The Hall–Kier alpha value is -1.08. The first-order chi connectivity index (χ1) is 8.84. The molecule has 1 N–H and O–H groups in total. The average Bonchev–Trinajstić information content (AvgIpc) is 3.29. The zero-order valence-corrected chi connectivity index (χ0v) is 11.1. The molecule has 0 bridgehead atoms. The molecule has 0 atom stereocenters. The van der Waals surface area contributed by atoms with Crippen molar-refractivity contribution < 1.29 is 0 Å². The van der Waals surface area contributed by atoms with Crippen LogP contribution in [0.3, 0.4) is 0 Å². The molecule has 0 unspecified atom stereocenters. The second-order valence-electron chi connectivity index (χ2n) is 5.94. The van der Waals surface area contributed by atoms with Gasteiger partial charge in [-0.1, -0.05) is 36.9 Å². The van der Waals surface area contributed by atoms with Gasteiger partial charge < -0.3 is 5.32 Å². The number of hydrogen-bond donors (Lipinski definition) is 1. The molecule has 2 aliphatic rings. The van der Waals surface area contributed by atoms with Crippen LogP contribution in [0.25, 0.3) is 5.57 Å². The summed E-state index contributed by atoms with van der Waals surface area (Å²) >= 11 is 0. The van der Waals surface area contributed by atoms with Crippen molar-refractivity contribution in [1.29, 1.82) is 0 Å². The van der Waals surface area contributed by atoms with Gasteiger partial charge in [-0.3, -0.25) is 0 Å². The number of rotatable bonds is 7. The average molecular weight is 241 g/mol. The fourth-order valence-electron chi connectivity index (χ4n) is 2.93. The van der Waals surface area contributed by atoms with Gasteiger partial charge in [0.25, 0.3) is 0 Å². The minimum atomic E-state index is 0.931. The van der Waals surface area contributed by atoms with Crippen LogP contribution in [0, 0.1) is 17.8 Å². The molecule has 96 valence electrons. The predicted octanol–water partition coefficient (Wildman–Crippen LogP) is 3.73.